The van der Waals surface area contributed by atoms with Gasteiger partial charge in [0.25, 0.3) is 0 Å². The summed E-state index contributed by atoms with van der Waals surface area (Å²) in [7, 11) is 0. The van der Waals surface area contributed by atoms with Crippen molar-refractivity contribution in [1.29, 1.82) is 0 Å². The van der Waals surface area contributed by atoms with E-state index in [1.807, 2.05) is 23.7 Å². The lowest BCUT2D eigenvalue weighted by atomic mass is 9.78. The zero-order valence-corrected chi connectivity index (χ0v) is 12.6. The number of nitrogen functional groups attached to an aromatic ring is 1. The molecule has 0 saturated heterocycles. The minimum Gasteiger partial charge on any atom is -0.398 e. The molecule has 19 heavy (non-hydrogen) atoms. The van der Waals surface area contributed by atoms with Gasteiger partial charge in [-0.25, -0.2) is 4.68 Å². The molecule has 0 atom stereocenters. The van der Waals surface area contributed by atoms with Crippen LogP contribution < -0.4 is 5.73 Å². The summed E-state index contributed by atoms with van der Waals surface area (Å²) >= 11 is 3.48. The number of rotatable bonds is 2. The van der Waals surface area contributed by atoms with Crippen LogP contribution in [0.1, 0.15) is 31.7 Å². The Labute approximate surface area is 120 Å². The Morgan fingerprint density at radius 2 is 2.11 bits per heavy atom. The maximum Gasteiger partial charge on any atom is 0.182 e. The fourth-order valence-electron chi connectivity index (χ4n) is 2.55. The lowest BCUT2D eigenvalue weighted by Crippen LogP contribution is -2.38. The number of hydrogen-bond acceptors (Lipinski definition) is 4. The quantitative estimate of drug-likeness (QED) is 0.863. The molecule has 1 fully saturated rings. The summed E-state index contributed by atoms with van der Waals surface area (Å²) in [5, 5.41) is 12.2. The van der Waals surface area contributed by atoms with Crippen LogP contribution in [0, 0.1) is 6.92 Å². The van der Waals surface area contributed by atoms with Crippen molar-refractivity contribution in [2.45, 2.75) is 38.6 Å². The second kappa shape index (κ2) is 4.30. The smallest absolute Gasteiger partial charge is 0.182 e. The Hall–Kier alpha value is -1.43. The Morgan fingerprint density at radius 1 is 1.37 bits per heavy atom. The van der Waals surface area contributed by atoms with Crippen LogP contribution in [-0.4, -0.2) is 20.2 Å². The maximum absolute atomic E-state index is 6.03. The highest BCUT2D eigenvalue weighted by molar-refractivity contribution is 9.10. The molecule has 1 saturated carbocycles. The molecule has 0 unspecified atom stereocenters. The van der Waals surface area contributed by atoms with E-state index >= 15 is 0 Å². The first-order valence-electron chi connectivity index (χ1n) is 6.36. The number of hydrogen-bond donors (Lipinski definition) is 1. The Kier molecular flexibility index (Phi) is 2.85. The zero-order valence-electron chi connectivity index (χ0n) is 11.0. The summed E-state index contributed by atoms with van der Waals surface area (Å²) in [6.45, 7) is 4.20. The Balaban J connectivity index is 2.16. The molecule has 1 aromatic carbocycles. The predicted octanol–water partition coefficient (Wildman–Crippen LogP) is 2.89. The summed E-state index contributed by atoms with van der Waals surface area (Å²) in [5.74, 6) is 0.799. The van der Waals surface area contributed by atoms with Crippen LogP contribution in [0.15, 0.2) is 16.6 Å². The Morgan fingerprint density at radius 3 is 2.74 bits per heavy atom. The van der Waals surface area contributed by atoms with Crippen molar-refractivity contribution >= 4 is 21.6 Å². The third-order valence-corrected chi connectivity index (χ3v) is 4.52. The van der Waals surface area contributed by atoms with Gasteiger partial charge in [-0.15, -0.1) is 5.10 Å². The van der Waals surface area contributed by atoms with Crippen LogP contribution in [0.5, 0.6) is 0 Å². The normalized spacial score (nSPS) is 17.2. The SMILES string of the molecule is Cc1c(N)cc(Br)cc1-c1nnnn1C1(C)CCC1. The van der Waals surface area contributed by atoms with Gasteiger partial charge < -0.3 is 5.73 Å². The molecule has 0 amide bonds. The van der Waals surface area contributed by atoms with E-state index in [1.54, 1.807) is 0 Å². The summed E-state index contributed by atoms with van der Waals surface area (Å²) in [6.07, 6.45) is 3.47. The van der Waals surface area contributed by atoms with Gasteiger partial charge in [0, 0.05) is 15.7 Å². The van der Waals surface area contributed by atoms with Gasteiger partial charge in [-0.3, -0.25) is 0 Å². The molecule has 2 N–H and O–H groups in total. The highest BCUT2D eigenvalue weighted by Gasteiger charge is 2.37. The average molecular weight is 322 g/mol. The minimum atomic E-state index is 0.0440. The summed E-state index contributed by atoms with van der Waals surface area (Å²) < 4.78 is 2.89. The first-order chi connectivity index (χ1) is 9.01. The average Bonchev–Trinajstić information content (AvgIpc) is 2.80. The van der Waals surface area contributed by atoms with Gasteiger partial charge in [-0.2, -0.15) is 0 Å². The van der Waals surface area contributed by atoms with Gasteiger partial charge in [-0.1, -0.05) is 15.9 Å². The molecule has 100 valence electrons. The molecule has 2 aromatic rings. The van der Waals surface area contributed by atoms with E-state index < -0.39 is 0 Å². The monoisotopic (exact) mass is 321 g/mol. The molecule has 5 nitrogen and oxygen atoms in total. The first-order valence-corrected chi connectivity index (χ1v) is 7.15. The van der Waals surface area contributed by atoms with Crippen LogP contribution in [0.4, 0.5) is 5.69 Å². The second-order valence-electron chi connectivity index (χ2n) is 5.43. The largest absolute Gasteiger partial charge is 0.398 e. The number of nitrogens with zero attached hydrogens (tertiary/aromatic N) is 4. The van der Waals surface area contributed by atoms with Gasteiger partial charge in [0.2, 0.25) is 0 Å². The van der Waals surface area contributed by atoms with Crippen molar-refractivity contribution in [1.82, 2.24) is 20.2 Å². The summed E-state index contributed by atoms with van der Waals surface area (Å²) in [6, 6.07) is 3.92. The molecule has 0 radical (unpaired) electrons. The van der Waals surface area contributed by atoms with E-state index in [0.29, 0.717) is 0 Å². The number of benzene rings is 1. The molecule has 1 aliphatic rings. The van der Waals surface area contributed by atoms with Crippen molar-refractivity contribution in [3.8, 4) is 11.4 Å². The second-order valence-corrected chi connectivity index (χ2v) is 6.35. The van der Waals surface area contributed by atoms with Crippen LogP contribution in [0.3, 0.4) is 0 Å². The van der Waals surface area contributed by atoms with Crippen LogP contribution in [0.25, 0.3) is 11.4 Å². The van der Waals surface area contributed by atoms with Crippen molar-refractivity contribution in [3.05, 3.63) is 22.2 Å². The van der Waals surface area contributed by atoms with Crippen LogP contribution in [-0.2, 0) is 5.54 Å². The van der Waals surface area contributed by atoms with Gasteiger partial charge >= 0.3 is 0 Å². The van der Waals surface area contributed by atoms with E-state index in [2.05, 4.69) is 38.4 Å². The predicted molar refractivity (Wildman–Crippen MR) is 77.6 cm³/mol. The number of tetrazole rings is 1. The van der Waals surface area contributed by atoms with E-state index in [9.17, 15) is 0 Å². The highest BCUT2D eigenvalue weighted by atomic mass is 79.9. The lowest BCUT2D eigenvalue weighted by Gasteiger charge is -2.38. The van der Waals surface area contributed by atoms with E-state index in [-0.39, 0.29) is 5.54 Å². The molecular weight excluding hydrogens is 306 g/mol. The molecule has 0 bridgehead atoms. The van der Waals surface area contributed by atoms with E-state index in [0.717, 1.165) is 40.0 Å². The van der Waals surface area contributed by atoms with Crippen molar-refractivity contribution in [3.63, 3.8) is 0 Å². The molecule has 1 aliphatic carbocycles. The van der Waals surface area contributed by atoms with Crippen molar-refractivity contribution in [2.24, 2.45) is 0 Å². The molecule has 0 spiro atoms. The molecule has 3 rings (SSSR count). The third-order valence-electron chi connectivity index (χ3n) is 4.07. The molecule has 1 aromatic heterocycles. The number of anilines is 1. The Bertz CT molecular complexity index is 630. The van der Waals surface area contributed by atoms with Gasteiger partial charge in [0.15, 0.2) is 5.82 Å². The minimum absolute atomic E-state index is 0.0440. The first kappa shape index (κ1) is 12.6. The molecule has 6 heteroatoms. The molecule has 1 heterocycles. The lowest BCUT2D eigenvalue weighted by molar-refractivity contribution is 0.148. The summed E-state index contributed by atoms with van der Waals surface area (Å²) in [5.41, 5.74) is 8.82. The standard InChI is InChI=1S/C13H16BrN5/c1-8-10(6-9(14)7-11(8)15)12-16-17-18-19(12)13(2)4-3-5-13/h6-7H,3-5,15H2,1-2H3. The van der Waals surface area contributed by atoms with E-state index in [4.69, 9.17) is 5.73 Å². The fourth-order valence-corrected chi connectivity index (χ4v) is 3.03. The van der Waals surface area contributed by atoms with Crippen molar-refractivity contribution < 1.29 is 0 Å². The van der Waals surface area contributed by atoms with Gasteiger partial charge in [0.1, 0.15) is 0 Å². The van der Waals surface area contributed by atoms with Crippen LogP contribution >= 0.6 is 15.9 Å². The molecular formula is C13H16BrN5. The maximum atomic E-state index is 6.03. The van der Waals surface area contributed by atoms with Crippen molar-refractivity contribution in [2.75, 3.05) is 5.73 Å². The number of halogens is 1. The number of aromatic nitrogens is 4. The topological polar surface area (TPSA) is 69.6 Å². The zero-order chi connectivity index (χ0) is 13.6. The van der Waals surface area contributed by atoms with E-state index in [1.165, 1.54) is 6.42 Å². The summed E-state index contributed by atoms with van der Waals surface area (Å²) in [4.78, 5) is 0. The fraction of sp³-hybridized carbons (Fsp3) is 0.462. The molecule has 0 aliphatic heterocycles. The third kappa shape index (κ3) is 1.94. The van der Waals surface area contributed by atoms with Crippen LogP contribution in [0.2, 0.25) is 0 Å². The number of nitrogens with two attached hydrogens (primary N) is 1. The van der Waals surface area contributed by atoms with Gasteiger partial charge in [0.05, 0.1) is 5.54 Å². The highest BCUT2D eigenvalue weighted by Crippen LogP contribution is 2.41. The van der Waals surface area contributed by atoms with Gasteiger partial charge in [-0.05, 0) is 61.2 Å².